The largest absolute Gasteiger partial charge is 0.486 e. The molecule has 0 aromatic carbocycles. The molecular weight excluding hydrogens is 250 g/mol. The lowest BCUT2D eigenvalue weighted by Gasteiger charge is -1.93. The molecule has 86 valence electrons. The number of halogens is 1. The highest BCUT2D eigenvalue weighted by atomic mass is 35.5. The lowest BCUT2D eigenvalue weighted by molar-refractivity contribution is 0.292. The minimum atomic E-state index is -4.38. The molecule has 0 amide bonds. The Morgan fingerprint density at radius 1 is 1.07 bits per heavy atom. The van der Waals surface area contributed by atoms with E-state index in [0.29, 0.717) is 0 Å². The van der Waals surface area contributed by atoms with Crippen molar-refractivity contribution >= 4 is 37.5 Å². The van der Waals surface area contributed by atoms with Crippen molar-refractivity contribution in [2.45, 2.75) is 0 Å². The monoisotopic (exact) mass is 258 g/mol. The molecule has 1 aromatic rings. The molecule has 0 fully saturated rings. The molecule has 0 unspecified atom stereocenters. The second kappa shape index (κ2) is 5.63. The topological polar surface area (TPSA) is 183 Å². The molecule has 1 aromatic heterocycles. The maximum Gasteiger partial charge on any atom is 0.486 e. The van der Waals surface area contributed by atoms with Gasteiger partial charge in [0.25, 0.3) is 0 Å². The highest BCUT2D eigenvalue weighted by Gasteiger charge is 2.10. The Kier molecular flexibility index (Phi) is 5.19. The lowest BCUT2D eigenvalue weighted by Crippen LogP contribution is -2.05. The first kappa shape index (κ1) is 13.8. The zero-order chi connectivity index (χ0) is 12.1. The number of phosphoric acid groups is 1. The number of nitrogens with zero attached hydrogens (tertiary/aromatic N) is 3. The summed E-state index contributed by atoms with van der Waals surface area (Å²) >= 11 is 4.21. The Balaban J connectivity index is 0.000000288. The van der Waals surface area contributed by atoms with Gasteiger partial charge in [-0.2, -0.15) is 19.0 Å². The average molecular weight is 259 g/mol. The molecular formula is C3H8ClN6O4P. The Labute approximate surface area is 88.8 Å². The van der Waals surface area contributed by atoms with Crippen molar-refractivity contribution in [3.8, 4) is 0 Å². The number of nitrogen functional groups attached to an aromatic ring is 3. The summed E-state index contributed by atoms with van der Waals surface area (Å²) in [5.74, 6) is 0.125. The van der Waals surface area contributed by atoms with Crippen molar-refractivity contribution in [3.05, 3.63) is 0 Å². The van der Waals surface area contributed by atoms with Gasteiger partial charge in [0.15, 0.2) is 0 Å². The van der Waals surface area contributed by atoms with Gasteiger partial charge in [-0.05, 0) is 0 Å². The molecule has 1 rings (SSSR count). The van der Waals surface area contributed by atoms with Crippen LogP contribution in [0, 0.1) is 0 Å². The summed E-state index contributed by atoms with van der Waals surface area (Å²) in [5.41, 5.74) is 15.4. The van der Waals surface area contributed by atoms with Crippen molar-refractivity contribution in [2.24, 2.45) is 0 Å². The summed E-state index contributed by atoms with van der Waals surface area (Å²) in [6.07, 6.45) is 0. The molecule has 0 saturated heterocycles. The molecule has 10 nitrogen and oxygen atoms in total. The third-order valence-corrected chi connectivity index (χ3v) is 1.50. The van der Waals surface area contributed by atoms with Gasteiger partial charge in [0, 0.05) is 0 Å². The fraction of sp³-hybridized carbons (Fsp3) is 0. The van der Waals surface area contributed by atoms with Gasteiger partial charge in [-0.15, -0.1) is 0 Å². The van der Waals surface area contributed by atoms with Crippen molar-refractivity contribution in [1.82, 2.24) is 15.0 Å². The van der Waals surface area contributed by atoms with Crippen LogP contribution in [0.25, 0.3) is 0 Å². The summed E-state index contributed by atoms with van der Waals surface area (Å²) in [6.45, 7) is 0. The molecule has 0 aliphatic rings. The van der Waals surface area contributed by atoms with E-state index in [2.05, 4.69) is 30.9 Å². The minimum absolute atomic E-state index is 0.0417. The van der Waals surface area contributed by atoms with Gasteiger partial charge >= 0.3 is 7.82 Å². The van der Waals surface area contributed by atoms with E-state index in [1.807, 2.05) is 0 Å². The van der Waals surface area contributed by atoms with Crippen LogP contribution < -0.4 is 17.2 Å². The lowest BCUT2D eigenvalue weighted by atomic mass is 10.9. The molecule has 0 aliphatic carbocycles. The summed E-state index contributed by atoms with van der Waals surface area (Å²) in [7, 11) is -4.38. The average Bonchev–Trinajstić information content (AvgIpc) is 2.01. The first-order valence-electron chi connectivity index (χ1n) is 3.13. The fourth-order valence-electron chi connectivity index (χ4n) is 0.427. The van der Waals surface area contributed by atoms with E-state index in [0.717, 1.165) is 0 Å². The molecule has 0 saturated carbocycles. The molecule has 0 bridgehead atoms. The van der Waals surface area contributed by atoms with Gasteiger partial charge in [-0.3, -0.25) is 0 Å². The maximum absolute atomic E-state index is 9.34. The molecule has 0 aliphatic heterocycles. The van der Waals surface area contributed by atoms with E-state index in [1.165, 1.54) is 0 Å². The standard InChI is InChI=1S/C3H6N6.ClH2O4P/c4-1-7-2(5)9-3(6)8-1;1-5-6(2,3)4/h(H6,4,5,6,7,8,9);(H2,2,3,4). The van der Waals surface area contributed by atoms with E-state index in [-0.39, 0.29) is 17.8 Å². The Morgan fingerprint density at radius 3 is 1.40 bits per heavy atom. The van der Waals surface area contributed by atoms with Crippen LogP contribution in [-0.2, 0) is 8.64 Å². The Morgan fingerprint density at radius 2 is 1.27 bits per heavy atom. The van der Waals surface area contributed by atoms with E-state index in [1.54, 1.807) is 0 Å². The van der Waals surface area contributed by atoms with Crippen molar-refractivity contribution < 1.29 is 18.4 Å². The van der Waals surface area contributed by atoms with E-state index < -0.39 is 7.82 Å². The number of nitrogens with two attached hydrogens (primary N) is 3. The first-order chi connectivity index (χ1) is 6.74. The zero-order valence-electron chi connectivity index (χ0n) is 7.11. The van der Waals surface area contributed by atoms with Gasteiger partial charge in [-0.25, -0.2) is 4.57 Å². The van der Waals surface area contributed by atoms with Gasteiger partial charge in [-0.1, -0.05) is 0 Å². The summed E-state index contributed by atoms with van der Waals surface area (Å²) in [4.78, 5) is 25.6. The van der Waals surface area contributed by atoms with E-state index >= 15 is 0 Å². The summed E-state index contributed by atoms with van der Waals surface area (Å²) in [5, 5.41) is 0. The zero-order valence-corrected chi connectivity index (χ0v) is 8.76. The second-order valence-corrected chi connectivity index (χ2v) is 3.50. The fourth-order valence-corrected chi connectivity index (χ4v) is 0.427. The highest BCUT2D eigenvalue weighted by Crippen LogP contribution is 2.36. The van der Waals surface area contributed by atoms with Crippen LogP contribution >= 0.6 is 19.7 Å². The van der Waals surface area contributed by atoms with E-state index in [9.17, 15) is 4.57 Å². The van der Waals surface area contributed by atoms with Crippen LogP contribution in [0.15, 0.2) is 0 Å². The first-order valence-corrected chi connectivity index (χ1v) is 4.97. The molecule has 0 radical (unpaired) electrons. The quantitative estimate of drug-likeness (QED) is 0.386. The van der Waals surface area contributed by atoms with Gasteiger partial charge in [0.05, 0.1) is 11.9 Å². The van der Waals surface area contributed by atoms with Gasteiger partial charge < -0.3 is 27.0 Å². The third-order valence-electron chi connectivity index (χ3n) is 0.777. The Hall–Kier alpha value is -1.19. The normalized spacial score (nSPS) is 10.3. The predicted octanol–water partition coefficient (Wildman–Crippen LogP) is -1.13. The van der Waals surface area contributed by atoms with Crippen LogP contribution in [-0.4, -0.2) is 24.7 Å². The van der Waals surface area contributed by atoms with Crippen molar-refractivity contribution in [1.29, 1.82) is 0 Å². The Bertz CT molecular complexity index is 319. The SMILES string of the molecule is Nc1nc(N)nc(N)n1.O=P(O)(O)OCl. The van der Waals surface area contributed by atoms with Crippen LogP contribution in [0.2, 0.25) is 0 Å². The van der Waals surface area contributed by atoms with Gasteiger partial charge in [0.2, 0.25) is 17.8 Å². The van der Waals surface area contributed by atoms with Crippen LogP contribution in [0.5, 0.6) is 0 Å². The number of aromatic nitrogens is 3. The van der Waals surface area contributed by atoms with Crippen molar-refractivity contribution in [2.75, 3.05) is 17.2 Å². The van der Waals surface area contributed by atoms with Crippen LogP contribution in [0.3, 0.4) is 0 Å². The minimum Gasteiger partial charge on any atom is -0.368 e. The maximum atomic E-state index is 9.34. The van der Waals surface area contributed by atoms with Crippen molar-refractivity contribution in [3.63, 3.8) is 0 Å². The smallest absolute Gasteiger partial charge is 0.368 e. The van der Waals surface area contributed by atoms with E-state index in [4.69, 9.17) is 27.0 Å². The highest BCUT2D eigenvalue weighted by molar-refractivity contribution is 7.47. The van der Waals surface area contributed by atoms with Crippen LogP contribution in [0.4, 0.5) is 17.8 Å². The number of rotatable bonds is 1. The third kappa shape index (κ3) is 7.85. The second-order valence-electron chi connectivity index (χ2n) is 1.97. The number of hydrogen-bond acceptors (Lipinski definition) is 8. The summed E-state index contributed by atoms with van der Waals surface area (Å²) in [6, 6.07) is 0. The number of hydrogen-bond donors (Lipinski definition) is 5. The predicted molar refractivity (Wildman–Crippen MR) is 52.0 cm³/mol. The molecule has 0 spiro atoms. The van der Waals surface area contributed by atoms with Gasteiger partial charge in [0.1, 0.15) is 0 Å². The molecule has 1 heterocycles. The molecule has 12 heteroatoms. The molecule has 8 N–H and O–H groups in total. The number of anilines is 3. The van der Waals surface area contributed by atoms with Crippen LogP contribution in [0.1, 0.15) is 0 Å². The summed E-state index contributed by atoms with van der Waals surface area (Å²) < 4.78 is 12.4. The molecule has 0 atom stereocenters. The molecule has 15 heavy (non-hydrogen) atoms.